The van der Waals surface area contributed by atoms with Crippen LogP contribution in [0, 0.1) is 17.2 Å². The highest BCUT2D eigenvalue weighted by atomic mass is 35.5. The molecule has 0 heterocycles. The molecule has 0 aliphatic heterocycles. The Kier molecular flexibility index (Phi) is 4.99. The second-order valence-electron chi connectivity index (χ2n) is 4.16. The van der Waals surface area contributed by atoms with Crippen molar-refractivity contribution < 1.29 is 4.79 Å². The molecule has 0 spiro atoms. The Hall–Kier alpha value is -1.73. The molecule has 0 saturated heterocycles. The van der Waals surface area contributed by atoms with Gasteiger partial charge in [-0.05, 0) is 25.1 Å². The van der Waals surface area contributed by atoms with Crippen LogP contribution in [0.15, 0.2) is 18.2 Å². The number of nitrogens with one attached hydrogen (secondary N) is 1. The van der Waals surface area contributed by atoms with E-state index in [-0.39, 0.29) is 11.8 Å². The van der Waals surface area contributed by atoms with Gasteiger partial charge in [-0.15, -0.1) is 0 Å². The number of anilines is 1. The predicted molar refractivity (Wildman–Crippen MR) is 72.7 cm³/mol. The second-order valence-corrected chi connectivity index (χ2v) is 4.59. The SMILES string of the molecule is CNc1ccc(Cl)cc1C(=O)N(C)CC(C)C#N. The maximum absolute atomic E-state index is 12.2. The van der Waals surface area contributed by atoms with Crippen molar-refractivity contribution in [3.8, 4) is 6.07 Å². The van der Waals surface area contributed by atoms with E-state index in [9.17, 15) is 4.79 Å². The van der Waals surface area contributed by atoms with Gasteiger partial charge >= 0.3 is 0 Å². The molecule has 1 aromatic rings. The summed E-state index contributed by atoms with van der Waals surface area (Å²) in [7, 11) is 3.43. The average Bonchev–Trinajstić information content (AvgIpc) is 2.37. The summed E-state index contributed by atoms with van der Waals surface area (Å²) in [4.78, 5) is 13.8. The summed E-state index contributed by atoms with van der Waals surface area (Å²) < 4.78 is 0. The van der Waals surface area contributed by atoms with Crippen molar-refractivity contribution in [2.75, 3.05) is 26.0 Å². The van der Waals surface area contributed by atoms with Crippen LogP contribution in [0.5, 0.6) is 0 Å². The fourth-order valence-corrected chi connectivity index (χ4v) is 1.82. The van der Waals surface area contributed by atoms with Gasteiger partial charge in [-0.3, -0.25) is 4.79 Å². The molecule has 1 rings (SSSR count). The molecule has 4 nitrogen and oxygen atoms in total. The normalized spacial score (nSPS) is 11.5. The van der Waals surface area contributed by atoms with E-state index in [1.54, 1.807) is 39.2 Å². The average molecular weight is 266 g/mol. The lowest BCUT2D eigenvalue weighted by molar-refractivity contribution is 0.0786. The number of carbonyl (C=O) groups is 1. The van der Waals surface area contributed by atoms with Crippen molar-refractivity contribution >= 4 is 23.2 Å². The van der Waals surface area contributed by atoms with Crippen molar-refractivity contribution in [1.29, 1.82) is 5.26 Å². The number of rotatable bonds is 4. The molecule has 1 unspecified atom stereocenters. The van der Waals surface area contributed by atoms with Crippen LogP contribution < -0.4 is 5.32 Å². The van der Waals surface area contributed by atoms with Crippen LogP contribution >= 0.6 is 11.6 Å². The Morgan fingerprint density at radius 2 is 2.28 bits per heavy atom. The summed E-state index contributed by atoms with van der Waals surface area (Å²) in [5.74, 6) is -0.347. The molecule has 1 atom stereocenters. The van der Waals surface area contributed by atoms with E-state index in [0.717, 1.165) is 5.69 Å². The molecule has 1 amide bonds. The number of nitriles is 1. The van der Waals surface area contributed by atoms with Gasteiger partial charge in [0.25, 0.3) is 5.91 Å². The van der Waals surface area contributed by atoms with E-state index in [1.807, 2.05) is 0 Å². The Morgan fingerprint density at radius 1 is 1.61 bits per heavy atom. The molecule has 0 aliphatic carbocycles. The summed E-state index contributed by atoms with van der Waals surface area (Å²) in [5, 5.41) is 12.2. The number of hydrogen-bond acceptors (Lipinski definition) is 3. The zero-order valence-corrected chi connectivity index (χ0v) is 11.5. The number of benzene rings is 1. The fraction of sp³-hybridized carbons (Fsp3) is 0.385. The highest BCUT2D eigenvalue weighted by molar-refractivity contribution is 6.31. The van der Waals surface area contributed by atoms with Gasteiger partial charge in [-0.25, -0.2) is 0 Å². The largest absolute Gasteiger partial charge is 0.387 e. The number of amides is 1. The molecule has 0 aromatic heterocycles. The number of nitrogens with zero attached hydrogens (tertiary/aromatic N) is 2. The van der Waals surface area contributed by atoms with Gasteiger partial charge in [0, 0.05) is 31.4 Å². The Morgan fingerprint density at radius 3 is 2.83 bits per heavy atom. The van der Waals surface area contributed by atoms with Crippen LogP contribution in [0.4, 0.5) is 5.69 Å². The minimum atomic E-state index is -0.198. The van der Waals surface area contributed by atoms with Crippen LogP contribution in [0.1, 0.15) is 17.3 Å². The van der Waals surface area contributed by atoms with E-state index in [0.29, 0.717) is 17.1 Å². The van der Waals surface area contributed by atoms with Gasteiger partial charge in [0.15, 0.2) is 0 Å². The Balaban J connectivity index is 2.96. The van der Waals surface area contributed by atoms with Gasteiger partial charge < -0.3 is 10.2 Å². The summed E-state index contributed by atoms with van der Waals surface area (Å²) in [6, 6.07) is 7.22. The molecule has 0 bridgehead atoms. The lowest BCUT2D eigenvalue weighted by Crippen LogP contribution is -2.31. The summed E-state index contributed by atoms with van der Waals surface area (Å²) in [5.41, 5.74) is 1.23. The summed E-state index contributed by atoms with van der Waals surface area (Å²) >= 11 is 5.90. The minimum absolute atomic E-state index is 0.149. The van der Waals surface area contributed by atoms with Gasteiger partial charge in [-0.1, -0.05) is 11.6 Å². The number of halogens is 1. The van der Waals surface area contributed by atoms with Crippen LogP contribution in [-0.2, 0) is 0 Å². The van der Waals surface area contributed by atoms with E-state index < -0.39 is 0 Å². The third-order valence-electron chi connectivity index (χ3n) is 2.60. The summed E-state index contributed by atoms with van der Waals surface area (Å²) in [6.45, 7) is 2.17. The first-order chi connectivity index (χ1) is 8.49. The lowest BCUT2D eigenvalue weighted by atomic mass is 10.1. The first-order valence-electron chi connectivity index (χ1n) is 5.62. The third kappa shape index (κ3) is 3.38. The molecule has 5 heteroatoms. The molecule has 0 fully saturated rings. The molecule has 1 N–H and O–H groups in total. The maximum atomic E-state index is 12.2. The molecular weight excluding hydrogens is 250 g/mol. The topological polar surface area (TPSA) is 56.1 Å². The zero-order valence-electron chi connectivity index (χ0n) is 10.7. The van der Waals surface area contributed by atoms with Gasteiger partial charge in [0.05, 0.1) is 17.6 Å². The predicted octanol–water partition coefficient (Wildman–Crippen LogP) is 2.61. The standard InChI is InChI=1S/C13H16ClN3O/c1-9(7-15)8-17(3)13(18)11-6-10(14)4-5-12(11)16-2/h4-6,9,16H,8H2,1-3H3. The van der Waals surface area contributed by atoms with Crippen LogP contribution in [0.3, 0.4) is 0 Å². The molecule has 18 heavy (non-hydrogen) atoms. The molecule has 0 saturated carbocycles. The number of carbonyl (C=O) groups excluding carboxylic acids is 1. The van der Waals surface area contributed by atoms with Gasteiger partial charge in [0.1, 0.15) is 0 Å². The highest BCUT2D eigenvalue weighted by Gasteiger charge is 2.17. The van der Waals surface area contributed by atoms with Crippen molar-refractivity contribution in [2.45, 2.75) is 6.92 Å². The maximum Gasteiger partial charge on any atom is 0.255 e. The monoisotopic (exact) mass is 265 g/mol. The number of hydrogen-bond donors (Lipinski definition) is 1. The smallest absolute Gasteiger partial charge is 0.255 e. The summed E-state index contributed by atoms with van der Waals surface area (Å²) in [6.07, 6.45) is 0. The van der Waals surface area contributed by atoms with Gasteiger partial charge in [-0.2, -0.15) is 5.26 Å². The third-order valence-corrected chi connectivity index (χ3v) is 2.83. The molecular formula is C13H16ClN3O. The zero-order chi connectivity index (χ0) is 13.7. The Labute approximate surface area is 112 Å². The lowest BCUT2D eigenvalue weighted by Gasteiger charge is -2.20. The first kappa shape index (κ1) is 14.3. The minimum Gasteiger partial charge on any atom is -0.387 e. The van der Waals surface area contributed by atoms with E-state index in [1.165, 1.54) is 4.90 Å². The van der Waals surface area contributed by atoms with E-state index in [2.05, 4.69) is 11.4 Å². The highest BCUT2D eigenvalue weighted by Crippen LogP contribution is 2.21. The van der Waals surface area contributed by atoms with E-state index >= 15 is 0 Å². The van der Waals surface area contributed by atoms with Crippen molar-refractivity contribution in [3.05, 3.63) is 28.8 Å². The molecule has 96 valence electrons. The van der Waals surface area contributed by atoms with Crippen LogP contribution in [0.2, 0.25) is 5.02 Å². The Bertz CT molecular complexity index is 482. The van der Waals surface area contributed by atoms with Crippen molar-refractivity contribution in [1.82, 2.24) is 4.90 Å². The fourth-order valence-electron chi connectivity index (χ4n) is 1.65. The first-order valence-corrected chi connectivity index (χ1v) is 5.99. The van der Waals surface area contributed by atoms with E-state index in [4.69, 9.17) is 16.9 Å². The molecule has 1 aromatic carbocycles. The van der Waals surface area contributed by atoms with Crippen molar-refractivity contribution in [3.63, 3.8) is 0 Å². The van der Waals surface area contributed by atoms with Crippen molar-refractivity contribution in [2.24, 2.45) is 5.92 Å². The van der Waals surface area contributed by atoms with Crippen LogP contribution in [0.25, 0.3) is 0 Å². The second kappa shape index (κ2) is 6.27. The van der Waals surface area contributed by atoms with Gasteiger partial charge in [0.2, 0.25) is 0 Å². The quantitative estimate of drug-likeness (QED) is 0.910. The molecule has 0 radical (unpaired) electrons. The molecule has 0 aliphatic rings. The van der Waals surface area contributed by atoms with Crippen LogP contribution in [-0.4, -0.2) is 31.4 Å².